The number of benzene rings is 2. The lowest BCUT2D eigenvalue weighted by Gasteiger charge is -2.31. The van der Waals surface area contributed by atoms with Crippen molar-refractivity contribution in [2.75, 3.05) is 51.3 Å². The van der Waals surface area contributed by atoms with Crippen molar-refractivity contribution < 1.29 is 18.7 Å². The van der Waals surface area contributed by atoms with Crippen molar-refractivity contribution in [3.8, 4) is 0 Å². The van der Waals surface area contributed by atoms with E-state index < -0.39 is 0 Å². The molecule has 3 amide bonds. The van der Waals surface area contributed by atoms with E-state index in [9.17, 15) is 9.59 Å². The minimum atomic E-state index is -0.318. The number of furan rings is 1. The van der Waals surface area contributed by atoms with Crippen molar-refractivity contribution in [3.05, 3.63) is 88.3 Å². The van der Waals surface area contributed by atoms with Gasteiger partial charge < -0.3 is 24.3 Å². The number of hydrogen-bond donors (Lipinski definition) is 1. The molecule has 2 aromatic carbocycles. The van der Waals surface area contributed by atoms with Crippen molar-refractivity contribution >= 4 is 33.6 Å². The predicted octanol–water partition coefficient (Wildman–Crippen LogP) is 4.75. The van der Waals surface area contributed by atoms with Gasteiger partial charge in [0, 0.05) is 37.2 Å². The first-order valence-electron chi connectivity index (χ1n) is 12.5. The van der Waals surface area contributed by atoms with Crippen LogP contribution in [-0.4, -0.2) is 72.6 Å². The Kier molecular flexibility index (Phi) is 9.76. The highest BCUT2D eigenvalue weighted by Gasteiger charge is 2.24. The maximum absolute atomic E-state index is 13.7. The fourth-order valence-electron chi connectivity index (χ4n) is 4.15. The number of rotatable bonds is 10. The quantitative estimate of drug-likeness (QED) is 0.382. The number of morpholine rings is 1. The first-order valence-corrected chi connectivity index (χ1v) is 13.2. The molecular formula is C28H33BrN4O4. The van der Waals surface area contributed by atoms with Gasteiger partial charge in [0.2, 0.25) is 5.91 Å². The highest BCUT2D eigenvalue weighted by molar-refractivity contribution is 9.10. The topological polar surface area (TPSA) is 78.3 Å². The second-order valence-electron chi connectivity index (χ2n) is 9.03. The normalized spacial score (nSPS) is 13.8. The maximum Gasteiger partial charge on any atom is 0.322 e. The Bertz CT molecular complexity index is 1160. The standard InChI is InChI=1S/C28H33BrN4O4/c1-22-11-12-24(37-22)20-33(19-23-7-3-2-4-8-23)27(34)21-32(14-13-31-15-17-36-18-16-31)28(35)30-26-10-6-5-9-25(26)29/h2-12H,13-21H2,1H3,(H,30,35). The van der Waals surface area contributed by atoms with E-state index >= 15 is 0 Å². The number of para-hydroxylation sites is 1. The summed E-state index contributed by atoms with van der Waals surface area (Å²) in [5.41, 5.74) is 1.67. The van der Waals surface area contributed by atoms with Crippen LogP contribution in [0.25, 0.3) is 0 Å². The van der Waals surface area contributed by atoms with E-state index in [1.807, 2.05) is 73.7 Å². The Balaban J connectivity index is 1.50. The van der Waals surface area contributed by atoms with E-state index in [0.717, 1.165) is 28.9 Å². The zero-order valence-corrected chi connectivity index (χ0v) is 22.7. The molecule has 9 heteroatoms. The van der Waals surface area contributed by atoms with Gasteiger partial charge in [0.15, 0.2) is 0 Å². The number of nitrogens with zero attached hydrogens (tertiary/aromatic N) is 3. The van der Waals surface area contributed by atoms with Gasteiger partial charge in [-0.05, 0) is 52.7 Å². The van der Waals surface area contributed by atoms with Crippen LogP contribution < -0.4 is 5.32 Å². The predicted molar refractivity (Wildman–Crippen MR) is 146 cm³/mol. The summed E-state index contributed by atoms with van der Waals surface area (Å²) in [6, 6.07) is 20.7. The summed E-state index contributed by atoms with van der Waals surface area (Å²) < 4.78 is 12.0. The highest BCUT2D eigenvalue weighted by Crippen LogP contribution is 2.22. The molecule has 4 rings (SSSR count). The van der Waals surface area contributed by atoms with Crippen LogP contribution in [-0.2, 0) is 22.6 Å². The molecule has 0 unspecified atom stereocenters. The Morgan fingerprint density at radius 3 is 2.38 bits per heavy atom. The molecule has 0 aliphatic carbocycles. The molecule has 0 atom stereocenters. The van der Waals surface area contributed by atoms with Gasteiger partial charge in [-0.2, -0.15) is 0 Å². The SMILES string of the molecule is Cc1ccc(CN(Cc2ccccc2)C(=O)CN(CCN2CCOCC2)C(=O)Nc2ccccc2Br)o1. The van der Waals surface area contributed by atoms with Crippen LogP contribution in [0.5, 0.6) is 0 Å². The number of nitrogens with one attached hydrogen (secondary N) is 1. The van der Waals surface area contributed by atoms with Crippen molar-refractivity contribution in [1.29, 1.82) is 0 Å². The third-order valence-corrected chi connectivity index (χ3v) is 6.92. The number of carbonyl (C=O) groups excluding carboxylic acids is 2. The molecule has 2 heterocycles. The molecule has 37 heavy (non-hydrogen) atoms. The van der Waals surface area contributed by atoms with Crippen LogP contribution in [0, 0.1) is 6.92 Å². The van der Waals surface area contributed by atoms with Gasteiger partial charge in [0.05, 0.1) is 25.4 Å². The van der Waals surface area contributed by atoms with Gasteiger partial charge in [-0.15, -0.1) is 0 Å². The summed E-state index contributed by atoms with van der Waals surface area (Å²) in [7, 11) is 0. The number of urea groups is 1. The van der Waals surface area contributed by atoms with E-state index in [0.29, 0.717) is 50.8 Å². The average molecular weight is 570 g/mol. The first-order chi connectivity index (χ1) is 18.0. The monoisotopic (exact) mass is 568 g/mol. The van der Waals surface area contributed by atoms with Crippen molar-refractivity contribution in [2.24, 2.45) is 0 Å². The second kappa shape index (κ2) is 13.4. The third-order valence-electron chi connectivity index (χ3n) is 6.23. The largest absolute Gasteiger partial charge is 0.464 e. The lowest BCUT2D eigenvalue weighted by Crippen LogP contribution is -2.48. The molecule has 0 spiro atoms. The van der Waals surface area contributed by atoms with E-state index in [2.05, 4.69) is 26.1 Å². The summed E-state index contributed by atoms with van der Waals surface area (Å²) in [6.07, 6.45) is 0. The minimum Gasteiger partial charge on any atom is -0.464 e. The summed E-state index contributed by atoms with van der Waals surface area (Å²) >= 11 is 3.48. The Labute approximate surface area is 226 Å². The molecular weight excluding hydrogens is 536 g/mol. The first kappa shape index (κ1) is 26.9. The number of carbonyl (C=O) groups is 2. The smallest absolute Gasteiger partial charge is 0.322 e. The number of halogens is 1. The number of amides is 3. The summed E-state index contributed by atoms with van der Waals surface area (Å²) in [4.78, 5) is 32.6. The lowest BCUT2D eigenvalue weighted by atomic mass is 10.2. The van der Waals surface area contributed by atoms with Crippen LogP contribution >= 0.6 is 15.9 Å². The molecule has 1 aromatic heterocycles. The van der Waals surface area contributed by atoms with Crippen molar-refractivity contribution in [3.63, 3.8) is 0 Å². The van der Waals surface area contributed by atoms with Crippen LogP contribution in [0.2, 0.25) is 0 Å². The number of anilines is 1. The average Bonchev–Trinajstić information content (AvgIpc) is 3.33. The van der Waals surface area contributed by atoms with Gasteiger partial charge in [0.1, 0.15) is 18.1 Å². The second-order valence-corrected chi connectivity index (χ2v) is 9.89. The minimum absolute atomic E-state index is 0.0485. The molecule has 0 saturated carbocycles. The number of ether oxygens (including phenoxy) is 1. The molecule has 196 valence electrons. The van der Waals surface area contributed by atoms with Gasteiger partial charge in [-0.1, -0.05) is 42.5 Å². The van der Waals surface area contributed by atoms with E-state index in [1.165, 1.54) is 0 Å². The zero-order valence-electron chi connectivity index (χ0n) is 21.1. The fourth-order valence-corrected chi connectivity index (χ4v) is 4.54. The van der Waals surface area contributed by atoms with Crippen molar-refractivity contribution in [2.45, 2.75) is 20.0 Å². The molecule has 0 radical (unpaired) electrons. The lowest BCUT2D eigenvalue weighted by molar-refractivity contribution is -0.133. The van der Waals surface area contributed by atoms with Gasteiger partial charge in [-0.25, -0.2) is 4.79 Å². The third kappa shape index (κ3) is 8.18. The molecule has 8 nitrogen and oxygen atoms in total. The zero-order chi connectivity index (χ0) is 26.0. The van der Waals surface area contributed by atoms with Gasteiger partial charge >= 0.3 is 6.03 Å². The number of hydrogen-bond acceptors (Lipinski definition) is 5. The molecule has 1 N–H and O–H groups in total. The molecule has 1 fully saturated rings. The van der Waals surface area contributed by atoms with Gasteiger partial charge in [0.25, 0.3) is 0 Å². The van der Waals surface area contributed by atoms with E-state index in [4.69, 9.17) is 9.15 Å². The summed E-state index contributed by atoms with van der Waals surface area (Å²) in [5, 5.41) is 2.95. The fraction of sp³-hybridized carbons (Fsp3) is 0.357. The molecule has 1 aliphatic heterocycles. The van der Waals surface area contributed by atoms with E-state index in [-0.39, 0.29) is 18.5 Å². The summed E-state index contributed by atoms with van der Waals surface area (Å²) in [5.74, 6) is 1.35. The Morgan fingerprint density at radius 1 is 0.946 bits per heavy atom. The Morgan fingerprint density at radius 2 is 1.68 bits per heavy atom. The molecule has 1 aliphatic rings. The van der Waals surface area contributed by atoms with Gasteiger partial charge in [-0.3, -0.25) is 9.69 Å². The highest BCUT2D eigenvalue weighted by atomic mass is 79.9. The van der Waals surface area contributed by atoms with E-state index in [1.54, 1.807) is 9.80 Å². The van der Waals surface area contributed by atoms with Crippen LogP contribution in [0.4, 0.5) is 10.5 Å². The molecule has 0 bridgehead atoms. The molecule has 1 saturated heterocycles. The van der Waals surface area contributed by atoms with Crippen LogP contribution in [0.15, 0.2) is 75.6 Å². The van der Waals surface area contributed by atoms with Crippen molar-refractivity contribution in [1.82, 2.24) is 14.7 Å². The number of aryl methyl sites for hydroxylation is 1. The Hall–Kier alpha value is -3.14. The van der Waals surface area contributed by atoms with Crippen LogP contribution in [0.3, 0.4) is 0 Å². The molecule has 3 aromatic rings. The van der Waals surface area contributed by atoms with Crippen LogP contribution in [0.1, 0.15) is 17.1 Å². The maximum atomic E-state index is 13.7. The summed E-state index contributed by atoms with van der Waals surface area (Å²) in [6.45, 7) is 6.63.